The average Bonchev–Trinajstić information content (AvgIpc) is 2.07. The first-order chi connectivity index (χ1) is 6.09. The quantitative estimate of drug-likeness (QED) is 0.679. The van der Waals surface area contributed by atoms with Crippen LogP contribution in [0.5, 0.6) is 0 Å². The molecule has 0 saturated carbocycles. The lowest BCUT2D eigenvalue weighted by atomic mass is 10.1. The first-order valence-corrected chi connectivity index (χ1v) is 4.20. The van der Waals surface area contributed by atoms with E-state index in [2.05, 4.69) is 5.32 Å². The number of aliphatic hydroxyl groups excluding tert-OH is 1. The maximum atomic E-state index is 10.6. The van der Waals surface area contributed by atoms with Crippen LogP contribution in [0.15, 0.2) is 34.7 Å². The molecule has 2 N–H and O–H groups in total. The molecule has 0 aromatic carbocycles. The van der Waals surface area contributed by atoms with Crippen LogP contribution >= 0.6 is 11.6 Å². The van der Waals surface area contributed by atoms with E-state index in [0.29, 0.717) is 11.5 Å². The highest BCUT2D eigenvalue weighted by atomic mass is 35.5. The molecule has 4 heteroatoms. The van der Waals surface area contributed by atoms with E-state index in [0.717, 1.165) is 5.57 Å². The van der Waals surface area contributed by atoms with Gasteiger partial charge in [0, 0.05) is 13.1 Å². The summed E-state index contributed by atoms with van der Waals surface area (Å²) in [4.78, 5) is 10.6. The van der Waals surface area contributed by atoms with E-state index < -0.39 is 0 Å². The van der Waals surface area contributed by atoms with Gasteiger partial charge in [-0.05, 0) is 24.1 Å². The van der Waals surface area contributed by atoms with Crippen molar-refractivity contribution in [2.24, 2.45) is 0 Å². The van der Waals surface area contributed by atoms with Crippen LogP contribution in [0.2, 0.25) is 0 Å². The summed E-state index contributed by atoms with van der Waals surface area (Å²) in [7, 11) is 0. The Morgan fingerprint density at radius 3 is 3.00 bits per heavy atom. The first kappa shape index (κ1) is 9.86. The molecule has 0 heterocycles. The fraction of sp³-hybridized carbons (Fsp3) is 0.222. The molecule has 1 rings (SSSR count). The maximum absolute atomic E-state index is 10.6. The summed E-state index contributed by atoms with van der Waals surface area (Å²) in [5.74, 6) is -0.0440. The smallest absolute Gasteiger partial charge is 0.220 e. The second-order valence-corrected chi connectivity index (χ2v) is 3.11. The summed E-state index contributed by atoms with van der Waals surface area (Å²) in [6, 6.07) is 0. The highest BCUT2D eigenvalue weighted by Gasteiger charge is 2.06. The molecule has 1 amide bonds. The van der Waals surface area contributed by atoms with Crippen LogP contribution in [0.25, 0.3) is 0 Å². The monoisotopic (exact) mass is 199 g/mol. The number of rotatable bonds is 1. The van der Waals surface area contributed by atoms with Crippen molar-refractivity contribution in [1.82, 2.24) is 5.32 Å². The highest BCUT2D eigenvalue weighted by molar-refractivity contribution is 6.32. The third kappa shape index (κ3) is 2.95. The summed E-state index contributed by atoms with van der Waals surface area (Å²) in [6.45, 7) is 1.43. The van der Waals surface area contributed by atoms with Crippen molar-refractivity contribution >= 4 is 17.5 Å². The molecule has 0 spiro atoms. The van der Waals surface area contributed by atoms with Crippen LogP contribution in [0.4, 0.5) is 0 Å². The normalized spacial score (nSPS) is 19.4. The zero-order valence-electron chi connectivity index (χ0n) is 7.17. The molecule has 0 unspecified atom stereocenters. The van der Waals surface area contributed by atoms with Crippen LogP contribution in [-0.4, -0.2) is 11.0 Å². The van der Waals surface area contributed by atoms with E-state index in [4.69, 9.17) is 16.7 Å². The number of amides is 1. The van der Waals surface area contributed by atoms with Gasteiger partial charge in [-0.25, -0.2) is 0 Å². The van der Waals surface area contributed by atoms with E-state index in [1.807, 2.05) is 0 Å². The molecule has 0 radical (unpaired) electrons. The molecule has 3 nitrogen and oxygen atoms in total. The van der Waals surface area contributed by atoms with Gasteiger partial charge in [-0.3, -0.25) is 4.79 Å². The molecule has 0 saturated heterocycles. The topological polar surface area (TPSA) is 49.3 Å². The van der Waals surface area contributed by atoms with Crippen LogP contribution in [0, 0.1) is 0 Å². The molecule has 0 aromatic heterocycles. The molecule has 0 fully saturated rings. The number of halogens is 1. The molecule has 70 valence electrons. The van der Waals surface area contributed by atoms with Crippen molar-refractivity contribution in [3.05, 3.63) is 34.7 Å². The average molecular weight is 200 g/mol. The minimum absolute atomic E-state index is 0.0849. The summed E-state index contributed by atoms with van der Waals surface area (Å²) < 4.78 is 0. The van der Waals surface area contributed by atoms with Gasteiger partial charge in [-0.2, -0.15) is 0 Å². The minimum atomic E-state index is -0.129. The van der Waals surface area contributed by atoms with Gasteiger partial charge in [0.25, 0.3) is 0 Å². The van der Waals surface area contributed by atoms with Gasteiger partial charge in [0.1, 0.15) is 5.76 Å². The fourth-order valence-corrected chi connectivity index (χ4v) is 1.12. The van der Waals surface area contributed by atoms with Crippen molar-refractivity contribution in [1.29, 1.82) is 0 Å². The minimum Gasteiger partial charge on any atom is -0.507 e. The van der Waals surface area contributed by atoms with Gasteiger partial charge in [0.2, 0.25) is 5.91 Å². The highest BCUT2D eigenvalue weighted by Crippen LogP contribution is 2.22. The Morgan fingerprint density at radius 2 is 2.46 bits per heavy atom. The number of hydrogen-bond acceptors (Lipinski definition) is 2. The third-order valence-corrected chi connectivity index (χ3v) is 1.85. The van der Waals surface area contributed by atoms with E-state index in [-0.39, 0.29) is 11.7 Å². The maximum Gasteiger partial charge on any atom is 0.220 e. The molecule has 0 atom stereocenters. The number of carbonyl (C=O) groups excluding carboxylic acids is 1. The number of carbonyl (C=O) groups is 1. The molecular formula is C9H10ClNO2. The van der Waals surface area contributed by atoms with Crippen molar-refractivity contribution < 1.29 is 9.90 Å². The Kier molecular flexibility index (Phi) is 3.14. The van der Waals surface area contributed by atoms with Crippen molar-refractivity contribution in [2.75, 3.05) is 0 Å². The van der Waals surface area contributed by atoms with E-state index >= 15 is 0 Å². The summed E-state index contributed by atoms with van der Waals surface area (Å²) in [5, 5.41) is 11.9. The molecular weight excluding hydrogens is 190 g/mol. The Bertz CT molecular complexity index is 316. The van der Waals surface area contributed by atoms with E-state index in [1.165, 1.54) is 6.92 Å². The van der Waals surface area contributed by atoms with Gasteiger partial charge in [0.15, 0.2) is 0 Å². The lowest BCUT2D eigenvalue weighted by Crippen LogP contribution is -2.12. The van der Waals surface area contributed by atoms with Gasteiger partial charge < -0.3 is 10.4 Å². The Hall–Kier alpha value is -1.22. The number of allylic oxidation sites excluding steroid dienone is 4. The number of nitrogens with one attached hydrogen (secondary N) is 1. The number of aliphatic hydroxyl groups is 1. The lowest BCUT2D eigenvalue weighted by molar-refractivity contribution is -0.118. The Balaban J connectivity index is 2.67. The summed E-state index contributed by atoms with van der Waals surface area (Å²) in [6.07, 6.45) is 5.36. The predicted octanol–water partition coefficient (Wildman–Crippen LogP) is 1.97. The van der Waals surface area contributed by atoms with Crippen LogP contribution in [0.3, 0.4) is 0 Å². The molecule has 0 bridgehead atoms. The number of hydrogen-bond donors (Lipinski definition) is 2. The Labute approximate surface area is 81.4 Å². The largest absolute Gasteiger partial charge is 0.507 e. The summed E-state index contributed by atoms with van der Waals surface area (Å²) >= 11 is 5.67. The van der Waals surface area contributed by atoms with Crippen LogP contribution < -0.4 is 5.32 Å². The van der Waals surface area contributed by atoms with Crippen LogP contribution in [0.1, 0.15) is 13.3 Å². The standard InChI is InChI=1S/C9H10ClNO2/c1-6(12)11-5-7-2-3-9(13)8(10)4-7/h3-5,13H,2H2,1H3,(H,11,12). The predicted molar refractivity (Wildman–Crippen MR) is 51.2 cm³/mol. The van der Waals surface area contributed by atoms with E-state index in [1.54, 1.807) is 18.4 Å². The zero-order chi connectivity index (χ0) is 9.84. The van der Waals surface area contributed by atoms with Crippen molar-refractivity contribution in [3.8, 4) is 0 Å². The SMILES string of the molecule is CC(=O)NC=C1C=C(Cl)C(O)=CC1. The van der Waals surface area contributed by atoms with Gasteiger partial charge in [0.05, 0.1) is 5.03 Å². The van der Waals surface area contributed by atoms with Crippen molar-refractivity contribution in [3.63, 3.8) is 0 Å². The second kappa shape index (κ2) is 4.14. The summed E-state index contributed by atoms with van der Waals surface area (Å²) in [5.41, 5.74) is 0.859. The van der Waals surface area contributed by atoms with Crippen molar-refractivity contribution in [2.45, 2.75) is 13.3 Å². The first-order valence-electron chi connectivity index (χ1n) is 3.82. The molecule has 1 aliphatic rings. The fourth-order valence-electron chi connectivity index (χ4n) is 0.903. The van der Waals surface area contributed by atoms with Gasteiger partial charge in [-0.15, -0.1) is 0 Å². The van der Waals surface area contributed by atoms with Gasteiger partial charge in [-0.1, -0.05) is 11.6 Å². The Morgan fingerprint density at radius 1 is 1.77 bits per heavy atom. The molecule has 0 aromatic rings. The molecule has 1 aliphatic carbocycles. The molecule has 13 heavy (non-hydrogen) atoms. The second-order valence-electron chi connectivity index (χ2n) is 2.71. The third-order valence-electron chi connectivity index (χ3n) is 1.55. The zero-order valence-corrected chi connectivity index (χ0v) is 7.93. The van der Waals surface area contributed by atoms with Gasteiger partial charge >= 0.3 is 0 Å². The molecule has 0 aliphatic heterocycles. The van der Waals surface area contributed by atoms with E-state index in [9.17, 15) is 4.79 Å². The van der Waals surface area contributed by atoms with Crippen LogP contribution in [-0.2, 0) is 4.79 Å². The lowest BCUT2D eigenvalue weighted by Gasteiger charge is -2.07.